The minimum Gasteiger partial charge on any atom is -0.314 e. The summed E-state index contributed by atoms with van der Waals surface area (Å²) in [5, 5.41) is 8.13. The molecule has 0 amide bonds. The van der Waals surface area contributed by atoms with Crippen LogP contribution in [-0.4, -0.2) is 40.4 Å². The van der Waals surface area contributed by atoms with Gasteiger partial charge in [-0.1, -0.05) is 13.3 Å². The van der Waals surface area contributed by atoms with Crippen molar-refractivity contribution >= 4 is 0 Å². The molecule has 1 aliphatic rings. The molecule has 0 bridgehead atoms. The van der Waals surface area contributed by atoms with Gasteiger partial charge in [0.2, 0.25) is 0 Å². The molecule has 0 aromatic carbocycles. The molecule has 1 unspecified atom stereocenters. The highest BCUT2D eigenvalue weighted by Gasteiger charge is 2.22. The molecule has 0 radical (unpaired) electrons. The van der Waals surface area contributed by atoms with Crippen LogP contribution >= 0.6 is 0 Å². The predicted octanol–water partition coefficient (Wildman–Crippen LogP) is 2.35. The van der Waals surface area contributed by atoms with E-state index in [0.717, 1.165) is 26.2 Å². The van der Waals surface area contributed by atoms with E-state index in [0.29, 0.717) is 12.1 Å². The number of aromatic nitrogens is 2. The largest absolute Gasteiger partial charge is 0.314 e. The zero-order chi connectivity index (χ0) is 13.8. The van der Waals surface area contributed by atoms with Crippen molar-refractivity contribution in [3.8, 4) is 0 Å². The molecule has 2 rings (SSSR count). The minimum atomic E-state index is 0.446. The van der Waals surface area contributed by atoms with Crippen molar-refractivity contribution in [2.24, 2.45) is 0 Å². The van der Waals surface area contributed by atoms with Gasteiger partial charge in [-0.3, -0.25) is 9.58 Å². The number of aryl methyl sites for hydroxylation is 1. The number of hydrogen-bond acceptors (Lipinski definition) is 3. The minimum absolute atomic E-state index is 0.446. The van der Waals surface area contributed by atoms with Crippen LogP contribution in [0.2, 0.25) is 0 Å². The molecular formula is C15H28N4. The van der Waals surface area contributed by atoms with Crippen molar-refractivity contribution < 1.29 is 0 Å². The van der Waals surface area contributed by atoms with Crippen LogP contribution < -0.4 is 5.32 Å². The topological polar surface area (TPSA) is 33.1 Å². The molecule has 19 heavy (non-hydrogen) atoms. The van der Waals surface area contributed by atoms with Crippen molar-refractivity contribution in [1.29, 1.82) is 0 Å². The summed E-state index contributed by atoms with van der Waals surface area (Å²) in [5.74, 6) is 0. The maximum absolute atomic E-state index is 4.62. The Hall–Kier alpha value is -0.870. The van der Waals surface area contributed by atoms with Crippen molar-refractivity contribution in [1.82, 2.24) is 20.0 Å². The van der Waals surface area contributed by atoms with Gasteiger partial charge in [-0.05, 0) is 27.2 Å². The van der Waals surface area contributed by atoms with Crippen molar-refractivity contribution in [2.75, 3.05) is 19.6 Å². The highest BCUT2D eigenvalue weighted by Crippen LogP contribution is 2.17. The third-order valence-corrected chi connectivity index (χ3v) is 4.01. The van der Waals surface area contributed by atoms with Crippen molar-refractivity contribution in [3.63, 3.8) is 0 Å². The summed E-state index contributed by atoms with van der Waals surface area (Å²) in [7, 11) is 0. The second-order valence-electron chi connectivity index (χ2n) is 5.93. The lowest BCUT2D eigenvalue weighted by Crippen LogP contribution is -2.50. The molecule has 4 nitrogen and oxygen atoms in total. The average molecular weight is 264 g/mol. The Bertz CT molecular complexity index is 395. The molecule has 0 aliphatic carbocycles. The molecule has 0 saturated carbocycles. The molecule has 1 fully saturated rings. The lowest BCUT2D eigenvalue weighted by atomic mass is 10.1. The maximum atomic E-state index is 4.62. The molecule has 1 aliphatic heterocycles. The molecule has 1 aromatic heterocycles. The first-order valence-electron chi connectivity index (χ1n) is 7.61. The molecule has 108 valence electrons. The Labute approximate surface area is 117 Å². The summed E-state index contributed by atoms with van der Waals surface area (Å²) in [6.45, 7) is 13.2. The SMILES string of the molecule is CCCC1CNCCN1Cc1cn(C(C)C)nc1C. The van der Waals surface area contributed by atoms with Gasteiger partial charge in [0.1, 0.15) is 0 Å². The fourth-order valence-electron chi connectivity index (χ4n) is 2.79. The van der Waals surface area contributed by atoms with E-state index in [4.69, 9.17) is 0 Å². The molecule has 2 heterocycles. The Morgan fingerprint density at radius 1 is 1.47 bits per heavy atom. The van der Waals surface area contributed by atoms with E-state index in [1.807, 2.05) is 0 Å². The summed E-state index contributed by atoms with van der Waals surface area (Å²) < 4.78 is 2.09. The lowest BCUT2D eigenvalue weighted by molar-refractivity contribution is 0.144. The number of piperazine rings is 1. The van der Waals surface area contributed by atoms with Crippen LogP contribution in [0.15, 0.2) is 6.20 Å². The van der Waals surface area contributed by atoms with Crippen LogP contribution in [0, 0.1) is 6.92 Å². The first kappa shape index (κ1) is 14.5. The second kappa shape index (κ2) is 6.53. The zero-order valence-corrected chi connectivity index (χ0v) is 12.8. The third-order valence-electron chi connectivity index (χ3n) is 4.01. The lowest BCUT2D eigenvalue weighted by Gasteiger charge is -2.36. The van der Waals surface area contributed by atoms with Crippen LogP contribution in [0.5, 0.6) is 0 Å². The smallest absolute Gasteiger partial charge is 0.0638 e. The fourth-order valence-corrected chi connectivity index (χ4v) is 2.79. The van der Waals surface area contributed by atoms with E-state index >= 15 is 0 Å². The average Bonchev–Trinajstić information content (AvgIpc) is 2.74. The van der Waals surface area contributed by atoms with Gasteiger partial charge in [0, 0.05) is 50.0 Å². The highest BCUT2D eigenvalue weighted by atomic mass is 15.3. The molecular weight excluding hydrogens is 236 g/mol. The molecule has 1 atom stereocenters. The van der Waals surface area contributed by atoms with E-state index in [-0.39, 0.29) is 0 Å². The van der Waals surface area contributed by atoms with Crippen LogP contribution in [0.4, 0.5) is 0 Å². The van der Waals surface area contributed by atoms with E-state index in [9.17, 15) is 0 Å². The zero-order valence-electron chi connectivity index (χ0n) is 12.8. The summed E-state index contributed by atoms with van der Waals surface area (Å²) in [6, 6.07) is 1.13. The van der Waals surface area contributed by atoms with Gasteiger partial charge in [-0.2, -0.15) is 5.10 Å². The summed E-state index contributed by atoms with van der Waals surface area (Å²) in [6.07, 6.45) is 4.77. The van der Waals surface area contributed by atoms with Gasteiger partial charge in [0.15, 0.2) is 0 Å². The monoisotopic (exact) mass is 264 g/mol. The molecule has 4 heteroatoms. The normalized spacial score (nSPS) is 21.2. The van der Waals surface area contributed by atoms with Gasteiger partial charge < -0.3 is 5.32 Å². The Balaban J connectivity index is 2.06. The Morgan fingerprint density at radius 3 is 2.89 bits per heavy atom. The first-order valence-corrected chi connectivity index (χ1v) is 7.61. The third kappa shape index (κ3) is 3.57. The van der Waals surface area contributed by atoms with Crippen molar-refractivity contribution in [2.45, 2.75) is 59.2 Å². The summed E-state index contributed by atoms with van der Waals surface area (Å²) >= 11 is 0. The fraction of sp³-hybridized carbons (Fsp3) is 0.800. The Kier molecular flexibility index (Phi) is 4.99. The van der Waals surface area contributed by atoms with E-state index < -0.39 is 0 Å². The van der Waals surface area contributed by atoms with Gasteiger partial charge in [0.25, 0.3) is 0 Å². The molecule has 1 aromatic rings. The highest BCUT2D eigenvalue weighted by molar-refractivity contribution is 5.16. The molecule has 1 saturated heterocycles. The van der Waals surface area contributed by atoms with Gasteiger partial charge in [-0.15, -0.1) is 0 Å². The van der Waals surface area contributed by atoms with Crippen LogP contribution in [0.25, 0.3) is 0 Å². The number of nitrogens with zero attached hydrogens (tertiary/aromatic N) is 3. The summed E-state index contributed by atoms with van der Waals surface area (Å²) in [4.78, 5) is 2.62. The quantitative estimate of drug-likeness (QED) is 0.886. The summed E-state index contributed by atoms with van der Waals surface area (Å²) in [5.41, 5.74) is 2.57. The standard InChI is InChI=1S/C15H28N4/c1-5-6-15-9-16-7-8-18(15)10-14-11-19(12(2)3)17-13(14)4/h11-12,15-16H,5-10H2,1-4H3. The molecule has 1 N–H and O–H groups in total. The molecule has 0 spiro atoms. The van der Waals surface area contributed by atoms with Crippen LogP contribution in [0.1, 0.15) is 50.9 Å². The van der Waals surface area contributed by atoms with Crippen LogP contribution in [-0.2, 0) is 6.54 Å². The van der Waals surface area contributed by atoms with Gasteiger partial charge >= 0.3 is 0 Å². The van der Waals surface area contributed by atoms with Crippen molar-refractivity contribution in [3.05, 3.63) is 17.5 Å². The maximum Gasteiger partial charge on any atom is 0.0638 e. The predicted molar refractivity (Wildman–Crippen MR) is 79.3 cm³/mol. The number of nitrogens with one attached hydrogen (secondary N) is 1. The number of hydrogen-bond donors (Lipinski definition) is 1. The van der Waals surface area contributed by atoms with Gasteiger partial charge in [-0.25, -0.2) is 0 Å². The van der Waals surface area contributed by atoms with Crippen LogP contribution in [0.3, 0.4) is 0 Å². The Morgan fingerprint density at radius 2 is 2.26 bits per heavy atom. The number of rotatable bonds is 5. The van der Waals surface area contributed by atoms with E-state index in [1.54, 1.807) is 0 Å². The first-order chi connectivity index (χ1) is 9.11. The van der Waals surface area contributed by atoms with E-state index in [2.05, 4.69) is 53.9 Å². The second-order valence-corrected chi connectivity index (χ2v) is 5.93. The van der Waals surface area contributed by atoms with E-state index in [1.165, 1.54) is 24.1 Å². The van der Waals surface area contributed by atoms with Gasteiger partial charge in [0.05, 0.1) is 5.69 Å².